The first-order valence-corrected chi connectivity index (χ1v) is 7.63. The van der Waals surface area contributed by atoms with Gasteiger partial charge in [0.25, 0.3) is 0 Å². The Bertz CT molecular complexity index is 760. The first kappa shape index (κ1) is 13.4. The van der Waals surface area contributed by atoms with E-state index in [9.17, 15) is 0 Å². The van der Waals surface area contributed by atoms with E-state index < -0.39 is 0 Å². The van der Waals surface area contributed by atoms with Crippen LogP contribution in [-0.2, 0) is 5.33 Å². The predicted octanol–water partition coefficient (Wildman–Crippen LogP) is 5.58. The Morgan fingerprint density at radius 1 is 1.10 bits per heavy atom. The molecule has 1 aromatic heterocycles. The van der Waals surface area contributed by atoms with Gasteiger partial charge in [0.05, 0.1) is 11.7 Å². The fourth-order valence-corrected chi connectivity index (χ4v) is 2.62. The molecule has 1 heterocycles. The molecule has 0 amide bonds. The minimum absolute atomic E-state index is 0.684. The van der Waals surface area contributed by atoms with Crippen LogP contribution in [-0.4, -0.2) is 4.98 Å². The molecule has 0 aliphatic rings. The third kappa shape index (κ3) is 2.79. The average Bonchev–Trinajstić information content (AvgIpc) is 2.49. The van der Waals surface area contributed by atoms with Crippen LogP contribution in [0.2, 0.25) is 5.02 Å². The third-order valence-corrected chi connectivity index (χ3v) is 3.80. The van der Waals surface area contributed by atoms with Crippen molar-refractivity contribution in [2.24, 2.45) is 0 Å². The molecule has 4 heteroatoms. The summed E-state index contributed by atoms with van der Waals surface area (Å²) in [6, 6.07) is 15.5. The van der Waals surface area contributed by atoms with Gasteiger partial charge in [0.1, 0.15) is 11.5 Å². The number of fused-ring (bicyclic) bond motifs is 1. The summed E-state index contributed by atoms with van der Waals surface area (Å²) in [4.78, 5) is 4.39. The van der Waals surface area contributed by atoms with Crippen molar-refractivity contribution in [1.82, 2.24) is 4.98 Å². The number of ether oxygens (including phenoxy) is 1. The number of hydrogen-bond acceptors (Lipinski definition) is 2. The Kier molecular flexibility index (Phi) is 3.90. The summed E-state index contributed by atoms with van der Waals surface area (Å²) in [5, 5.41) is 2.44. The second kappa shape index (κ2) is 5.81. The van der Waals surface area contributed by atoms with E-state index in [-0.39, 0.29) is 0 Å². The molecule has 0 saturated heterocycles. The summed E-state index contributed by atoms with van der Waals surface area (Å²) >= 11 is 9.43. The molecular weight excluding hydrogens is 338 g/mol. The van der Waals surface area contributed by atoms with Gasteiger partial charge in [0, 0.05) is 21.3 Å². The average molecular weight is 349 g/mol. The van der Waals surface area contributed by atoms with Crippen LogP contribution in [0.15, 0.2) is 54.7 Å². The van der Waals surface area contributed by atoms with Gasteiger partial charge in [-0.25, -0.2) is 0 Å². The van der Waals surface area contributed by atoms with Gasteiger partial charge in [-0.3, -0.25) is 4.98 Å². The Labute approximate surface area is 130 Å². The molecule has 3 aromatic rings. The topological polar surface area (TPSA) is 22.1 Å². The maximum Gasteiger partial charge on any atom is 0.146 e. The van der Waals surface area contributed by atoms with Crippen molar-refractivity contribution in [3.05, 3.63) is 65.3 Å². The second-order valence-corrected chi connectivity index (χ2v) is 5.35. The summed E-state index contributed by atoms with van der Waals surface area (Å²) in [5.74, 6) is 1.50. The standard InChI is InChI=1S/C16H11BrClNO/c17-9-12-7-13(18)5-6-16(12)20-14-8-11-3-1-2-4-15(11)19-10-14/h1-8,10H,9H2. The van der Waals surface area contributed by atoms with Crippen molar-refractivity contribution in [3.63, 3.8) is 0 Å². The molecule has 0 unspecified atom stereocenters. The van der Waals surface area contributed by atoms with Gasteiger partial charge in [-0.1, -0.05) is 45.7 Å². The number of aromatic nitrogens is 1. The van der Waals surface area contributed by atoms with Gasteiger partial charge >= 0.3 is 0 Å². The molecule has 0 aliphatic carbocycles. The molecule has 100 valence electrons. The highest BCUT2D eigenvalue weighted by Gasteiger charge is 2.06. The molecule has 0 spiro atoms. The van der Waals surface area contributed by atoms with Gasteiger partial charge in [0.15, 0.2) is 0 Å². The lowest BCUT2D eigenvalue weighted by Gasteiger charge is -2.10. The van der Waals surface area contributed by atoms with E-state index in [1.807, 2.05) is 48.5 Å². The lowest BCUT2D eigenvalue weighted by Crippen LogP contribution is -1.90. The first-order chi connectivity index (χ1) is 9.76. The van der Waals surface area contributed by atoms with Gasteiger partial charge < -0.3 is 4.74 Å². The SMILES string of the molecule is Clc1ccc(Oc2cnc3ccccc3c2)c(CBr)c1. The van der Waals surface area contributed by atoms with E-state index in [4.69, 9.17) is 16.3 Å². The van der Waals surface area contributed by atoms with Gasteiger partial charge in [-0.05, 0) is 30.3 Å². The second-order valence-electron chi connectivity index (χ2n) is 4.35. The largest absolute Gasteiger partial charge is 0.455 e. The van der Waals surface area contributed by atoms with Crippen LogP contribution in [0.5, 0.6) is 11.5 Å². The van der Waals surface area contributed by atoms with Crippen LogP contribution in [0.25, 0.3) is 10.9 Å². The van der Waals surface area contributed by atoms with Gasteiger partial charge in [-0.15, -0.1) is 0 Å². The smallest absolute Gasteiger partial charge is 0.146 e. The quantitative estimate of drug-likeness (QED) is 0.577. The highest BCUT2D eigenvalue weighted by Crippen LogP contribution is 2.30. The molecular formula is C16H11BrClNO. The van der Waals surface area contributed by atoms with Crippen LogP contribution in [0, 0.1) is 0 Å². The number of hydrogen-bond donors (Lipinski definition) is 0. The number of rotatable bonds is 3. The van der Waals surface area contributed by atoms with Gasteiger partial charge in [-0.2, -0.15) is 0 Å². The number of nitrogens with zero attached hydrogens (tertiary/aromatic N) is 1. The Hall–Kier alpha value is -1.58. The molecule has 0 saturated carbocycles. The summed E-state index contributed by atoms with van der Waals surface area (Å²) in [6.07, 6.45) is 1.73. The molecule has 20 heavy (non-hydrogen) atoms. The minimum atomic E-state index is 0.684. The lowest BCUT2D eigenvalue weighted by atomic mass is 10.2. The molecule has 0 N–H and O–H groups in total. The molecule has 0 aliphatic heterocycles. The maximum absolute atomic E-state index is 5.99. The van der Waals surface area contributed by atoms with Crippen molar-refractivity contribution in [3.8, 4) is 11.5 Å². The maximum atomic E-state index is 5.99. The monoisotopic (exact) mass is 347 g/mol. The minimum Gasteiger partial charge on any atom is -0.455 e. The van der Waals surface area contributed by atoms with Crippen molar-refractivity contribution in [1.29, 1.82) is 0 Å². The highest BCUT2D eigenvalue weighted by atomic mass is 79.9. The molecule has 0 atom stereocenters. The summed E-state index contributed by atoms with van der Waals surface area (Å²) < 4.78 is 5.91. The van der Waals surface area contributed by atoms with Crippen LogP contribution in [0.3, 0.4) is 0 Å². The number of alkyl halides is 1. The Balaban J connectivity index is 1.96. The van der Waals surface area contributed by atoms with E-state index in [0.717, 1.165) is 22.2 Å². The third-order valence-electron chi connectivity index (χ3n) is 2.96. The van der Waals surface area contributed by atoms with Crippen LogP contribution in [0.1, 0.15) is 5.56 Å². The van der Waals surface area contributed by atoms with Crippen LogP contribution in [0.4, 0.5) is 0 Å². The predicted molar refractivity (Wildman–Crippen MR) is 85.9 cm³/mol. The number of pyridine rings is 1. The van der Waals surface area contributed by atoms with E-state index >= 15 is 0 Å². The molecule has 2 aromatic carbocycles. The fourth-order valence-electron chi connectivity index (χ4n) is 1.99. The van der Waals surface area contributed by atoms with Crippen LogP contribution < -0.4 is 4.74 Å². The fraction of sp³-hybridized carbons (Fsp3) is 0.0625. The zero-order chi connectivity index (χ0) is 13.9. The zero-order valence-corrected chi connectivity index (χ0v) is 12.9. The van der Waals surface area contributed by atoms with Crippen molar-refractivity contribution < 1.29 is 4.74 Å². The highest BCUT2D eigenvalue weighted by molar-refractivity contribution is 9.08. The number of halogens is 2. The molecule has 2 nitrogen and oxygen atoms in total. The van der Waals surface area contributed by atoms with Gasteiger partial charge in [0.2, 0.25) is 0 Å². The molecule has 0 radical (unpaired) electrons. The molecule has 3 rings (SSSR count). The lowest BCUT2D eigenvalue weighted by molar-refractivity contribution is 0.477. The van der Waals surface area contributed by atoms with Crippen molar-refractivity contribution >= 4 is 38.4 Å². The van der Waals surface area contributed by atoms with E-state index in [2.05, 4.69) is 20.9 Å². The normalized spacial score (nSPS) is 10.7. The van der Waals surface area contributed by atoms with E-state index in [0.29, 0.717) is 16.1 Å². The van der Waals surface area contributed by atoms with E-state index in [1.54, 1.807) is 6.20 Å². The van der Waals surface area contributed by atoms with Crippen molar-refractivity contribution in [2.75, 3.05) is 0 Å². The summed E-state index contributed by atoms with van der Waals surface area (Å²) in [5.41, 5.74) is 1.96. The number of benzene rings is 2. The molecule has 0 fully saturated rings. The summed E-state index contributed by atoms with van der Waals surface area (Å²) in [7, 11) is 0. The first-order valence-electron chi connectivity index (χ1n) is 6.13. The zero-order valence-electron chi connectivity index (χ0n) is 10.5. The Morgan fingerprint density at radius 2 is 1.95 bits per heavy atom. The number of para-hydroxylation sites is 1. The molecule has 0 bridgehead atoms. The summed E-state index contributed by atoms with van der Waals surface area (Å²) in [6.45, 7) is 0. The van der Waals surface area contributed by atoms with Crippen molar-refractivity contribution in [2.45, 2.75) is 5.33 Å². The Morgan fingerprint density at radius 3 is 2.80 bits per heavy atom. The van der Waals surface area contributed by atoms with E-state index in [1.165, 1.54) is 0 Å². The van der Waals surface area contributed by atoms with Crippen LogP contribution >= 0.6 is 27.5 Å².